The molecule has 326 valence electrons. The molecule has 2 aliphatic heterocycles. The van der Waals surface area contributed by atoms with E-state index in [9.17, 15) is 60.0 Å². The number of hydrogen-bond donors (Lipinski definition) is 6. The van der Waals surface area contributed by atoms with Crippen molar-refractivity contribution in [3.63, 3.8) is 0 Å². The van der Waals surface area contributed by atoms with Gasteiger partial charge >= 0.3 is 5.97 Å². The molecule has 6 N–H and O–H groups in total. The zero-order valence-electron chi connectivity index (χ0n) is 34.3. The van der Waals surface area contributed by atoms with Crippen LogP contribution < -0.4 is 10.2 Å². The van der Waals surface area contributed by atoms with E-state index < -0.39 is 107 Å². The SMILES string of the molecule is CC1(C)[C@@H](O[C@H]2O[C@H](C(=O)[O-])[C@@H](O)[C@H](O)[C@H]2O[C@@H]2O[C@H](C(=O)[O-])[C@@H](O)[C@H](O)[C@H]2O)CC[C@]2(C)[C@H]3C(=O)C=C4[C@@H]5C[C@@](C)(C(=O)O)CC[C@]5(C)CC[C@@]4(C)[C@]3(C)CC[C@@H]12. The third kappa shape index (κ3) is 6.25. The van der Waals surface area contributed by atoms with E-state index in [1.54, 1.807) is 0 Å². The molecule has 0 aromatic carbocycles. The van der Waals surface area contributed by atoms with E-state index >= 15 is 0 Å². The molecule has 0 unspecified atom stereocenters. The van der Waals surface area contributed by atoms with Crippen LogP contribution in [0, 0.1) is 50.2 Å². The Morgan fingerprint density at radius 1 is 0.724 bits per heavy atom. The smallest absolute Gasteiger partial charge is 0.309 e. The molecule has 0 bridgehead atoms. The third-order valence-electron chi connectivity index (χ3n) is 17.2. The summed E-state index contributed by atoms with van der Waals surface area (Å²) in [6.07, 6.45) is -13.1. The number of aliphatic hydroxyl groups is 5. The van der Waals surface area contributed by atoms with Crippen molar-refractivity contribution in [1.29, 1.82) is 0 Å². The first-order valence-corrected chi connectivity index (χ1v) is 20.7. The van der Waals surface area contributed by atoms with E-state index in [1.807, 2.05) is 26.8 Å². The van der Waals surface area contributed by atoms with Crippen LogP contribution in [0.25, 0.3) is 0 Å². The van der Waals surface area contributed by atoms with Crippen LogP contribution in [0.5, 0.6) is 0 Å². The summed E-state index contributed by atoms with van der Waals surface area (Å²) in [5.41, 5.74) is -1.89. The maximum absolute atomic E-state index is 14.8. The molecule has 19 atom stereocenters. The van der Waals surface area contributed by atoms with Crippen molar-refractivity contribution in [2.75, 3.05) is 0 Å². The minimum absolute atomic E-state index is 0.0292. The van der Waals surface area contributed by atoms with Gasteiger partial charge in [-0.2, -0.15) is 0 Å². The van der Waals surface area contributed by atoms with Gasteiger partial charge < -0.3 is 69.4 Å². The largest absolute Gasteiger partial charge is 0.547 e. The number of carbonyl (C=O) groups excluding carboxylic acids is 3. The van der Waals surface area contributed by atoms with Gasteiger partial charge in [0.05, 0.1) is 23.5 Å². The maximum Gasteiger partial charge on any atom is 0.309 e. The minimum atomic E-state index is -2.15. The normalized spacial score (nSPS) is 52.6. The van der Waals surface area contributed by atoms with Gasteiger partial charge in [0.25, 0.3) is 0 Å². The van der Waals surface area contributed by atoms with Gasteiger partial charge in [0, 0.05) is 5.92 Å². The highest BCUT2D eigenvalue weighted by Crippen LogP contribution is 2.75. The standard InChI is InChI=1S/C42H62O16/c1-37(2)21-8-11-42(7)31(20(43)16-18-19-17-39(4,36(53)54)13-12-38(19,3)14-15-41(18,42)6)40(21,5)10-9-22(37)55-35-30(26(47)25(46)29(57-35)33(51)52)58-34-27(48)23(44)24(45)28(56-34)32(49)50/h16,19,21-31,34-35,44-48H,8-15,17H2,1-7H3,(H,49,50)(H,51,52)(H,53,54)/p-2/t19-,21-,22-,23-,24-,25-,26-,27+,28-,29-,30+,31+,34-,35-,38+,39-,40-,41+,42+/m0/s1. The number of rotatable bonds is 7. The fourth-order valence-corrected chi connectivity index (χ4v) is 13.4. The molecule has 0 spiro atoms. The number of hydrogen-bond acceptors (Lipinski definition) is 15. The van der Waals surface area contributed by atoms with E-state index in [2.05, 4.69) is 27.7 Å². The lowest BCUT2D eigenvalue weighted by Crippen LogP contribution is -2.68. The Labute approximate surface area is 337 Å². The summed E-state index contributed by atoms with van der Waals surface area (Å²) in [7, 11) is 0. The lowest BCUT2D eigenvalue weighted by molar-refractivity contribution is -0.391. The van der Waals surface area contributed by atoms with Crippen molar-refractivity contribution >= 4 is 23.7 Å². The summed E-state index contributed by atoms with van der Waals surface area (Å²) in [5, 5.41) is 87.1. The van der Waals surface area contributed by atoms with Crippen LogP contribution in [0.2, 0.25) is 0 Å². The Hall–Kier alpha value is -2.54. The minimum Gasteiger partial charge on any atom is -0.547 e. The molecule has 7 aliphatic rings. The zero-order chi connectivity index (χ0) is 42.9. The number of carboxylic acid groups (broad SMARTS) is 3. The Morgan fingerprint density at radius 3 is 1.91 bits per heavy atom. The molecule has 2 saturated heterocycles. The molecular weight excluding hydrogens is 760 g/mol. The fourth-order valence-electron chi connectivity index (χ4n) is 13.4. The Morgan fingerprint density at radius 2 is 1.31 bits per heavy atom. The number of aliphatic carboxylic acids is 3. The quantitative estimate of drug-likeness (QED) is 0.178. The van der Waals surface area contributed by atoms with E-state index in [0.29, 0.717) is 38.5 Å². The fraction of sp³-hybridized carbons (Fsp3) is 0.857. The molecule has 0 aromatic heterocycles. The van der Waals surface area contributed by atoms with Gasteiger partial charge in [-0.3, -0.25) is 9.59 Å². The number of ketones is 1. The van der Waals surface area contributed by atoms with Crippen LogP contribution in [0.3, 0.4) is 0 Å². The summed E-state index contributed by atoms with van der Waals surface area (Å²) in [5.74, 6) is -5.04. The summed E-state index contributed by atoms with van der Waals surface area (Å²) < 4.78 is 23.1. The van der Waals surface area contributed by atoms with Gasteiger partial charge in [-0.05, 0) is 110 Å². The average molecular weight is 821 g/mol. The van der Waals surface area contributed by atoms with Crippen LogP contribution in [0.15, 0.2) is 11.6 Å². The number of allylic oxidation sites excluding steroid dienone is 2. The van der Waals surface area contributed by atoms with Gasteiger partial charge in [0.15, 0.2) is 18.4 Å². The van der Waals surface area contributed by atoms with Crippen LogP contribution in [0.1, 0.15) is 106 Å². The number of carboxylic acids is 3. The second kappa shape index (κ2) is 14.3. The van der Waals surface area contributed by atoms with Crippen molar-refractivity contribution < 1.29 is 79.0 Å². The molecule has 0 radical (unpaired) electrons. The highest BCUT2D eigenvalue weighted by atomic mass is 16.8. The topological polar surface area (TPSA) is 273 Å². The number of ether oxygens (including phenoxy) is 4. The Bertz CT molecular complexity index is 1730. The highest BCUT2D eigenvalue weighted by molar-refractivity contribution is 5.95. The molecule has 16 nitrogen and oxygen atoms in total. The summed E-state index contributed by atoms with van der Waals surface area (Å²) >= 11 is 0. The van der Waals surface area contributed by atoms with Crippen LogP contribution in [-0.4, -0.2) is 122 Å². The van der Waals surface area contributed by atoms with Crippen LogP contribution >= 0.6 is 0 Å². The first kappa shape index (κ1) is 43.5. The first-order valence-electron chi connectivity index (χ1n) is 20.7. The van der Waals surface area contributed by atoms with Crippen molar-refractivity contribution in [3.8, 4) is 0 Å². The Balaban J connectivity index is 1.17. The molecule has 0 aromatic rings. The molecule has 58 heavy (non-hydrogen) atoms. The summed E-state index contributed by atoms with van der Waals surface area (Å²) in [6, 6.07) is 0. The van der Waals surface area contributed by atoms with E-state index in [1.165, 1.54) is 0 Å². The molecule has 16 heteroatoms. The van der Waals surface area contributed by atoms with Crippen molar-refractivity contribution in [2.24, 2.45) is 50.2 Å². The second-order valence-corrected chi connectivity index (χ2v) is 20.6. The molecule has 7 rings (SSSR count). The lowest BCUT2D eigenvalue weighted by Gasteiger charge is -2.70. The number of aliphatic hydroxyl groups excluding tert-OH is 5. The van der Waals surface area contributed by atoms with Gasteiger partial charge in [0.2, 0.25) is 0 Å². The van der Waals surface area contributed by atoms with Gasteiger partial charge in [-0.25, -0.2) is 0 Å². The average Bonchev–Trinajstić information content (AvgIpc) is 3.13. The molecule has 6 fully saturated rings. The monoisotopic (exact) mass is 820 g/mol. The van der Waals surface area contributed by atoms with Crippen LogP contribution in [0.4, 0.5) is 0 Å². The van der Waals surface area contributed by atoms with Crippen molar-refractivity contribution in [1.82, 2.24) is 0 Å². The highest BCUT2D eigenvalue weighted by Gasteiger charge is 2.71. The van der Waals surface area contributed by atoms with Gasteiger partial charge in [-0.15, -0.1) is 0 Å². The van der Waals surface area contributed by atoms with Crippen LogP contribution in [-0.2, 0) is 38.1 Å². The number of carbonyl (C=O) groups is 4. The van der Waals surface area contributed by atoms with E-state index in [-0.39, 0.29) is 34.4 Å². The van der Waals surface area contributed by atoms with Gasteiger partial charge in [0.1, 0.15) is 48.8 Å². The molecule has 0 amide bonds. The lowest BCUT2D eigenvalue weighted by atomic mass is 9.33. The summed E-state index contributed by atoms with van der Waals surface area (Å²) in [6.45, 7) is 14.8. The first-order chi connectivity index (χ1) is 26.8. The predicted octanol–water partition coefficient (Wildman–Crippen LogP) is -0.424. The van der Waals surface area contributed by atoms with E-state index in [4.69, 9.17) is 18.9 Å². The molecule has 4 saturated carbocycles. The maximum atomic E-state index is 14.8. The summed E-state index contributed by atoms with van der Waals surface area (Å²) in [4.78, 5) is 51.1. The second-order valence-electron chi connectivity index (χ2n) is 20.6. The zero-order valence-corrected chi connectivity index (χ0v) is 34.3. The van der Waals surface area contributed by atoms with Crippen molar-refractivity contribution in [3.05, 3.63) is 11.6 Å². The molecule has 2 heterocycles. The third-order valence-corrected chi connectivity index (χ3v) is 17.2. The number of fused-ring (bicyclic) bond motifs is 7. The predicted molar refractivity (Wildman–Crippen MR) is 194 cm³/mol. The molecule has 5 aliphatic carbocycles. The van der Waals surface area contributed by atoms with Crippen molar-refractivity contribution in [2.45, 2.75) is 174 Å². The van der Waals surface area contributed by atoms with E-state index in [0.717, 1.165) is 24.8 Å². The van der Waals surface area contributed by atoms with Gasteiger partial charge in [-0.1, -0.05) is 47.1 Å². The molecular formula is C42H60O16-2. The Kier molecular flexibility index (Phi) is 10.7.